The van der Waals surface area contributed by atoms with E-state index in [2.05, 4.69) is 34.0 Å². The summed E-state index contributed by atoms with van der Waals surface area (Å²) >= 11 is 3.44. The van der Waals surface area contributed by atoms with Crippen molar-refractivity contribution >= 4 is 29.1 Å². The molecule has 1 aromatic carbocycles. The molecule has 22 heavy (non-hydrogen) atoms. The minimum Gasteiger partial charge on any atom is -0.356 e. The molecule has 0 amide bonds. The van der Waals surface area contributed by atoms with Gasteiger partial charge in [-0.2, -0.15) is 0 Å². The monoisotopic (exact) mass is 337 g/mol. The van der Waals surface area contributed by atoms with E-state index in [1.807, 2.05) is 0 Å². The Hall–Kier alpha value is -1.53. The standard InChI is InChI=1S/C16H20FN3S2/c1-12-7-9-22-15(12)11-20-16(18-2)19-8-10-21-14-5-3-13(17)4-6-14/h3-7,9H,8,10-11H2,1-2H3,(H2,18,19,20). The summed E-state index contributed by atoms with van der Waals surface area (Å²) in [4.78, 5) is 6.61. The van der Waals surface area contributed by atoms with E-state index in [0.29, 0.717) is 0 Å². The predicted octanol–water partition coefficient (Wildman–Crippen LogP) is 3.65. The van der Waals surface area contributed by atoms with E-state index in [0.717, 1.165) is 29.7 Å². The van der Waals surface area contributed by atoms with E-state index in [1.54, 1.807) is 42.3 Å². The molecule has 1 heterocycles. The third kappa shape index (κ3) is 5.35. The van der Waals surface area contributed by atoms with Crippen molar-refractivity contribution < 1.29 is 4.39 Å². The van der Waals surface area contributed by atoms with Gasteiger partial charge in [0.2, 0.25) is 0 Å². The van der Waals surface area contributed by atoms with Gasteiger partial charge in [-0.05, 0) is 48.2 Å². The molecule has 1 aromatic heterocycles. The van der Waals surface area contributed by atoms with E-state index in [4.69, 9.17) is 0 Å². The van der Waals surface area contributed by atoms with Gasteiger partial charge in [0.05, 0.1) is 6.54 Å². The minimum absolute atomic E-state index is 0.198. The zero-order chi connectivity index (χ0) is 15.8. The van der Waals surface area contributed by atoms with Crippen LogP contribution in [-0.2, 0) is 6.54 Å². The third-order valence-corrected chi connectivity index (χ3v) is 5.12. The van der Waals surface area contributed by atoms with Crippen molar-refractivity contribution in [3.63, 3.8) is 0 Å². The Morgan fingerprint density at radius 1 is 1.23 bits per heavy atom. The second kappa shape index (κ2) is 8.80. The Morgan fingerprint density at radius 3 is 2.64 bits per heavy atom. The molecule has 3 nitrogen and oxygen atoms in total. The summed E-state index contributed by atoms with van der Waals surface area (Å²) in [5, 5.41) is 8.69. The number of benzene rings is 1. The number of hydrogen-bond donors (Lipinski definition) is 2. The van der Waals surface area contributed by atoms with Crippen LogP contribution in [0, 0.1) is 12.7 Å². The number of thiophene rings is 1. The number of aryl methyl sites for hydroxylation is 1. The Morgan fingerprint density at radius 2 is 2.00 bits per heavy atom. The molecule has 0 spiro atoms. The van der Waals surface area contributed by atoms with Crippen molar-refractivity contribution in [1.82, 2.24) is 10.6 Å². The van der Waals surface area contributed by atoms with E-state index in [9.17, 15) is 4.39 Å². The molecule has 118 valence electrons. The van der Waals surface area contributed by atoms with Crippen LogP contribution in [0.3, 0.4) is 0 Å². The summed E-state index contributed by atoms with van der Waals surface area (Å²) < 4.78 is 12.8. The number of nitrogens with one attached hydrogen (secondary N) is 2. The molecule has 6 heteroatoms. The number of aliphatic imine (C=N–C) groups is 1. The second-order valence-corrected chi connectivity index (χ2v) is 6.85. The van der Waals surface area contributed by atoms with Crippen LogP contribution in [0.5, 0.6) is 0 Å². The van der Waals surface area contributed by atoms with E-state index < -0.39 is 0 Å². The number of thioether (sulfide) groups is 1. The molecule has 2 aromatic rings. The van der Waals surface area contributed by atoms with Gasteiger partial charge in [0.15, 0.2) is 5.96 Å². The van der Waals surface area contributed by atoms with Crippen LogP contribution in [0.25, 0.3) is 0 Å². The number of halogens is 1. The highest BCUT2D eigenvalue weighted by atomic mass is 32.2. The van der Waals surface area contributed by atoms with Crippen molar-refractivity contribution in [2.75, 3.05) is 19.3 Å². The van der Waals surface area contributed by atoms with Crippen LogP contribution in [0.2, 0.25) is 0 Å². The van der Waals surface area contributed by atoms with Gasteiger partial charge in [-0.1, -0.05) is 0 Å². The average molecular weight is 337 g/mol. The highest BCUT2D eigenvalue weighted by molar-refractivity contribution is 7.99. The molecule has 0 saturated carbocycles. The van der Waals surface area contributed by atoms with Gasteiger partial charge >= 0.3 is 0 Å². The van der Waals surface area contributed by atoms with Gasteiger partial charge in [-0.15, -0.1) is 23.1 Å². The largest absolute Gasteiger partial charge is 0.356 e. The topological polar surface area (TPSA) is 36.4 Å². The molecular weight excluding hydrogens is 317 g/mol. The fraction of sp³-hybridized carbons (Fsp3) is 0.312. The number of hydrogen-bond acceptors (Lipinski definition) is 3. The maximum Gasteiger partial charge on any atom is 0.191 e. The molecule has 0 radical (unpaired) electrons. The SMILES string of the molecule is CN=C(NCCSc1ccc(F)cc1)NCc1sccc1C. The van der Waals surface area contributed by atoms with E-state index >= 15 is 0 Å². The first-order valence-electron chi connectivity index (χ1n) is 7.05. The van der Waals surface area contributed by atoms with Gasteiger partial charge in [0.1, 0.15) is 5.82 Å². The van der Waals surface area contributed by atoms with Crippen molar-refractivity contribution in [3.8, 4) is 0 Å². The van der Waals surface area contributed by atoms with Gasteiger partial charge in [-0.3, -0.25) is 4.99 Å². The zero-order valence-electron chi connectivity index (χ0n) is 12.7. The molecule has 0 atom stereocenters. The van der Waals surface area contributed by atoms with Gasteiger partial charge in [-0.25, -0.2) is 4.39 Å². The van der Waals surface area contributed by atoms with Gasteiger partial charge in [0.25, 0.3) is 0 Å². The Kier molecular flexibility index (Phi) is 6.74. The Bertz CT molecular complexity index is 608. The van der Waals surface area contributed by atoms with Crippen molar-refractivity contribution in [2.24, 2.45) is 4.99 Å². The third-order valence-electron chi connectivity index (χ3n) is 3.09. The Labute approximate surface area is 139 Å². The first kappa shape index (κ1) is 16.8. The Balaban J connectivity index is 1.68. The molecule has 0 saturated heterocycles. The number of guanidine groups is 1. The molecule has 0 fully saturated rings. The summed E-state index contributed by atoms with van der Waals surface area (Å²) in [6.45, 7) is 3.70. The molecule has 0 aliphatic carbocycles. The van der Waals surface area contributed by atoms with Gasteiger partial charge < -0.3 is 10.6 Å². The zero-order valence-corrected chi connectivity index (χ0v) is 14.4. The van der Waals surface area contributed by atoms with Crippen LogP contribution in [0.1, 0.15) is 10.4 Å². The summed E-state index contributed by atoms with van der Waals surface area (Å²) in [6, 6.07) is 8.69. The molecule has 0 aliphatic heterocycles. The number of rotatable bonds is 6. The lowest BCUT2D eigenvalue weighted by molar-refractivity contribution is 0.626. The molecule has 2 rings (SSSR count). The minimum atomic E-state index is -0.198. The van der Waals surface area contributed by atoms with Gasteiger partial charge in [0, 0.05) is 29.1 Å². The van der Waals surface area contributed by atoms with Crippen LogP contribution in [0.15, 0.2) is 45.6 Å². The highest BCUT2D eigenvalue weighted by Gasteiger charge is 2.02. The van der Waals surface area contributed by atoms with Crippen LogP contribution < -0.4 is 10.6 Å². The van der Waals surface area contributed by atoms with E-state index in [-0.39, 0.29) is 5.82 Å². The lowest BCUT2D eigenvalue weighted by atomic mass is 10.3. The van der Waals surface area contributed by atoms with E-state index in [1.165, 1.54) is 22.6 Å². The van der Waals surface area contributed by atoms with Crippen molar-refractivity contribution in [3.05, 3.63) is 52.0 Å². The maximum atomic E-state index is 12.8. The van der Waals surface area contributed by atoms with Crippen LogP contribution >= 0.6 is 23.1 Å². The molecule has 0 unspecified atom stereocenters. The average Bonchev–Trinajstić information content (AvgIpc) is 2.93. The summed E-state index contributed by atoms with van der Waals surface area (Å²) in [5.41, 5.74) is 1.31. The fourth-order valence-electron chi connectivity index (χ4n) is 1.84. The highest BCUT2D eigenvalue weighted by Crippen LogP contribution is 2.17. The number of nitrogens with zero attached hydrogens (tertiary/aromatic N) is 1. The summed E-state index contributed by atoms with van der Waals surface area (Å²) in [6.07, 6.45) is 0. The summed E-state index contributed by atoms with van der Waals surface area (Å²) in [7, 11) is 1.77. The maximum absolute atomic E-state index is 12.8. The first-order chi connectivity index (χ1) is 10.7. The predicted molar refractivity (Wildman–Crippen MR) is 94.4 cm³/mol. The summed E-state index contributed by atoms with van der Waals surface area (Å²) in [5.74, 6) is 1.49. The lowest BCUT2D eigenvalue weighted by Crippen LogP contribution is -2.37. The second-order valence-electron chi connectivity index (χ2n) is 4.68. The normalized spacial score (nSPS) is 11.5. The quantitative estimate of drug-likeness (QED) is 0.366. The van der Waals surface area contributed by atoms with Crippen LogP contribution in [-0.4, -0.2) is 25.3 Å². The fourth-order valence-corrected chi connectivity index (χ4v) is 3.45. The molecule has 0 bridgehead atoms. The molecule has 0 aliphatic rings. The van der Waals surface area contributed by atoms with Crippen molar-refractivity contribution in [2.45, 2.75) is 18.4 Å². The molecular formula is C16H20FN3S2. The molecule has 2 N–H and O–H groups in total. The van der Waals surface area contributed by atoms with Crippen LogP contribution in [0.4, 0.5) is 4.39 Å². The smallest absolute Gasteiger partial charge is 0.191 e. The van der Waals surface area contributed by atoms with Crippen molar-refractivity contribution in [1.29, 1.82) is 0 Å². The first-order valence-corrected chi connectivity index (χ1v) is 8.91. The lowest BCUT2D eigenvalue weighted by Gasteiger charge is -2.11.